The molecule has 0 amide bonds. The van der Waals surface area contributed by atoms with E-state index in [1.165, 1.54) is 16.3 Å². The molecule has 1 aliphatic rings. The van der Waals surface area contributed by atoms with Crippen LogP contribution in [0.3, 0.4) is 0 Å². The quantitative estimate of drug-likeness (QED) is 0.937. The van der Waals surface area contributed by atoms with E-state index in [-0.39, 0.29) is 10.7 Å². The molecule has 0 saturated carbocycles. The molecule has 3 heterocycles. The van der Waals surface area contributed by atoms with Gasteiger partial charge in [-0.05, 0) is 37.6 Å². The van der Waals surface area contributed by atoms with Crippen molar-refractivity contribution in [2.45, 2.75) is 12.3 Å². The summed E-state index contributed by atoms with van der Waals surface area (Å²) in [5.74, 6) is 1.16. The van der Waals surface area contributed by atoms with Crippen molar-refractivity contribution in [3.8, 4) is 0 Å². The highest BCUT2D eigenvalue weighted by Crippen LogP contribution is 2.26. The van der Waals surface area contributed by atoms with Gasteiger partial charge < -0.3 is 10.2 Å². The number of aryl methyl sites for hydroxylation is 1. The molecule has 7 heteroatoms. The molecule has 1 unspecified atom stereocenters. The van der Waals surface area contributed by atoms with Gasteiger partial charge in [0.05, 0.1) is 0 Å². The Balaban J connectivity index is 1.78. The van der Waals surface area contributed by atoms with Gasteiger partial charge in [-0.25, -0.2) is 9.67 Å². The van der Waals surface area contributed by atoms with E-state index in [2.05, 4.69) is 33.4 Å². The SMILES string of the molecule is CN1CCC(c2ccc(Nc3cc(Cl)nn(C)c3=O)nc2)C1. The maximum Gasteiger partial charge on any atom is 0.290 e. The Morgan fingerprint density at radius 1 is 1.36 bits per heavy atom. The molecular formula is C15H18ClN5O. The number of aromatic nitrogens is 3. The molecule has 1 fully saturated rings. The first kappa shape index (κ1) is 15.0. The van der Waals surface area contributed by atoms with E-state index in [0.717, 1.165) is 19.5 Å². The van der Waals surface area contributed by atoms with Crippen LogP contribution >= 0.6 is 11.6 Å². The number of pyridine rings is 1. The minimum absolute atomic E-state index is 0.243. The number of nitrogens with one attached hydrogen (secondary N) is 1. The lowest BCUT2D eigenvalue weighted by Crippen LogP contribution is -2.22. The van der Waals surface area contributed by atoms with Crippen molar-refractivity contribution in [2.75, 3.05) is 25.5 Å². The molecule has 1 saturated heterocycles. The molecule has 0 spiro atoms. The number of anilines is 2. The fourth-order valence-electron chi connectivity index (χ4n) is 2.73. The van der Waals surface area contributed by atoms with Crippen LogP contribution in [0.15, 0.2) is 29.2 Å². The Kier molecular flexibility index (Phi) is 4.13. The molecule has 3 rings (SSSR count). The molecule has 22 heavy (non-hydrogen) atoms. The fourth-order valence-corrected chi connectivity index (χ4v) is 2.95. The fraction of sp³-hybridized carbons (Fsp3) is 0.400. The predicted molar refractivity (Wildman–Crippen MR) is 86.9 cm³/mol. The number of hydrogen-bond acceptors (Lipinski definition) is 5. The summed E-state index contributed by atoms with van der Waals surface area (Å²) in [5, 5.41) is 7.11. The summed E-state index contributed by atoms with van der Waals surface area (Å²) in [7, 11) is 3.69. The van der Waals surface area contributed by atoms with Crippen LogP contribution in [0, 0.1) is 0 Å². The van der Waals surface area contributed by atoms with Gasteiger partial charge in [0.1, 0.15) is 11.5 Å². The normalized spacial score (nSPS) is 18.6. The van der Waals surface area contributed by atoms with Gasteiger partial charge in [0.15, 0.2) is 5.15 Å². The first-order valence-electron chi connectivity index (χ1n) is 7.18. The highest BCUT2D eigenvalue weighted by atomic mass is 35.5. The minimum Gasteiger partial charge on any atom is -0.336 e. The lowest BCUT2D eigenvalue weighted by molar-refractivity contribution is 0.411. The molecule has 1 aliphatic heterocycles. The van der Waals surface area contributed by atoms with Crippen LogP contribution in [0.1, 0.15) is 17.9 Å². The molecule has 0 radical (unpaired) electrons. The van der Waals surface area contributed by atoms with Crippen LogP contribution in [-0.4, -0.2) is 39.8 Å². The third kappa shape index (κ3) is 3.13. The Morgan fingerprint density at radius 3 is 2.82 bits per heavy atom. The average Bonchev–Trinajstić information content (AvgIpc) is 2.91. The van der Waals surface area contributed by atoms with E-state index in [0.29, 0.717) is 17.4 Å². The molecular weight excluding hydrogens is 302 g/mol. The Labute approximate surface area is 133 Å². The third-order valence-corrected chi connectivity index (χ3v) is 4.13. The van der Waals surface area contributed by atoms with E-state index < -0.39 is 0 Å². The Hall–Kier alpha value is -1.92. The Morgan fingerprint density at radius 2 is 2.18 bits per heavy atom. The molecule has 6 nitrogen and oxygen atoms in total. The summed E-state index contributed by atoms with van der Waals surface area (Å²) >= 11 is 5.88. The smallest absolute Gasteiger partial charge is 0.290 e. The second-order valence-corrected chi connectivity index (χ2v) is 6.05. The van der Waals surface area contributed by atoms with Crippen LogP contribution in [0.5, 0.6) is 0 Å². The number of likely N-dealkylation sites (tertiary alicyclic amines) is 1. The Bertz CT molecular complexity index is 728. The van der Waals surface area contributed by atoms with Crippen LogP contribution in [-0.2, 0) is 7.05 Å². The molecule has 1 atom stereocenters. The molecule has 0 bridgehead atoms. The first-order valence-corrected chi connectivity index (χ1v) is 7.56. The van der Waals surface area contributed by atoms with Crippen molar-refractivity contribution in [1.29, 1.82) is 0 Å². The molecule has 0 aromatic carbocycles. The summed E-state index contributed by atoms with van der Waals surface area (Å²) in [5.41, 5.74) is 1.35. The number of rotatable bonds is 3. The highest BCUT2D eigenvalue weighted by Gasteiger charge is 2.21. The van der Waals surface area contributed by atoms with Crippen LogP contribution < -0.4 is 10.9 Å². The summed E-state index contributed by atoms with van der Waals surface area (Å²) in [6.07, 6.45) is 3.03. The van der Waals surface area contributed by atoms with Crippen molar-refractivity contribution in [1.82, 2.24) is 19.7 Å². The number of halogens is 1. The number of likely N-dealkylation sites (N-methyl/N-ethyl adjacent to an activating group) is 1. The van der Waals surface area contributed by atoms with Gasteiger partial charge in [-0.15, -0.1) is 0 Å². The zero-order valence-corrected chi connectivity index (χ0v) is 13.3. The number of nitrogens with zero attached hydrogens (tertiary/aromatic N) is 4. The number of hydrogen-bond donors (Lipinski definition) is 1. The van der Waals surface area contributed by atoms with Gasteiger partial charge in [-0.1, -0.05) is 17.7 Å². The molecule has 0 aliphatic carbocycles. The van der Waals surface area contributed by atoms with Crippen molar-refractivity contribution in [3.63, 3.8) is 0 Å². The van der Waals surface area contributed by atoms with E-state index in [9.17, 15) is 4.79 Å². The summed E-state index contributed by atoms with van der Waals surface area (Å²) in [4.78, 5) is 18.7. The van der Waals surface area contributed by atoms with Crippen LogP contribution in [0.2, 0.25) is 5.15 Å². The maximum absolute atomic E-state index is 12.0. The van der Waals surface area contributed by atoms with Gasteiger partial charge in [0.2, 0.25) is 0 Å². The molecule has 116 valence electrons. The van der Waals surface area contributed by atoms with Crippen molar-refractivity contribution in [2.24, 2.45) is 7.05 Å². The second kappa shape index (κ2) is 6.06. The summed E-state index contributed by atoms with van der Waals surface area (Å²) < 4.78 is 1.20. The minimum atomic E-state index is -0.243. The van der Waals surface area contributed by atoms with E-state index in [1.54, 1.807) is 7.05 Å². The van der Waals surface area contributed by atoms with Gasteiger partial charge in [-0.3, -0.25) is 4.79 Å². The van der Waals surface area contributed by atoms with Crippen LogP contribution in [0.4, 0.5) is 11.5 Å². The van der Waals surface area contributed by atoms with Gasteiger partial charge in [0.25, 0.3) is 5.56 Å². The second-order valence-electron chi connectivity index (χ2n) is 5.66. The van der Waals surface area contributed by atoms with E-state index in [4.69, 9.17) is 11.6 Å². The van der Waals surface area contributed by atoms with Crippen molar-refractivity contribution >= 4 is 23.1 Å². The van der Waals surface area contributed by atoms with Gasteiger partial charge >= 0.3 is 0 Å². The van der Waals surface area contributed by atoms with Crippen molar-refractivity contribution in [3.05, 3.63) is 45.5 Å². The molecule has 1 N–H and O–H groups in total. The lowest BCUT2D eigenvalue weighted by Gasteiger charge is -2.11. The standard InChI is InChI=1S/C15H18ClN5O/c1-20-6-5-11(9-20)10-3-4-14(17-8-10)18-12-7-13(16)19-21(2)15(12)22/h3-4,7-8,11H,5-6,9H2,1-2H3,(H,17,18). The summed E-state index contributed by atoms with van der Waals surface area (Å²) in [6.45, 7) is 2.19. The molecule has 2 aromatic heterocycles. The monoisotopic (exact) mass is 319 g/mol. The summed E-state index contributed by atoms with van der Waals surface area (Å²) in [6, 6.07) is 5.46. The zero-order valence-electron chi connectivity index (χ0n) is 12.6. The molecule has 2 aromatic rings. The van der Waals surface area contributed by atoms with Gasteiger partial charge in [-0.2, -0.15) is 5.10 Å². The highest BCUT2D eigenvalue weighted by molar-refractivity contribution is 6.29. The zero-order chi connectivity index (χ0) is 15.7. The first-order chi connectivity index (χ1) is 10.5. The predicted octanol–water partition coefficient (Wildman–Crippen LogP) is 1.99. The average molecular weight is 320 g/mol. The largest absolute Gasteiger partial charge is 0.336 e. The van der Waals surface area contributed by atoms with Gasteiger partial charge in [0, 0.05) is 25.9 Å². The topological polar surface area (TPSA) is 63.1 Å². The van der Waals surface area contributed by atoms with E-state index in [1.807, 2.05) is 12.3 Å². The van der Waals surface area contributed by atoms with E-state index >= 15 is 0 Å². The van der Waals surface area contributed by atoms with Crippen LogP contribution in [0.25, 0.3) is 0 Å². The van der Waals surface area contributed by atoms with Crippen molar-refractivity contribution < 1.29 is 0 Å². The lowest BCUT2D eigenvalue weighted by atomic mass is 10.0. The maximum atomic E-state index is 12.0. The third-order valence-electron chi connectivity index (χ3n) is 3.95.